The maximum atomic E-state index is 12.8. The summed E-state index contributed by atoms with van der Waals surface area (Å²) in [5.74, 6) is -1.61. The molecule has 12 atom stereocenters. The monoisotopic (exact) mass is 648 g/mol. The second-order valence-corrected chi connectivity index (χ2v) is 15.5. The average molecular weight is 649 g/mol. The average Bonchev–Trinajstić information content (AvgIpc) is 3.53. The van der Waals surface area contributed by atoms with Crippen molar-refractivity contribution >= 4 is 17.9 Å². The summed E-state index contributed by atoms with van der Waals surface area (Å²) in [6, 6.07) is 0. The quantitative estimate of drug-likeness (QED) is 0.191. The highest BCUT2D eigenvalue weighted by molar-refractivity contribution is 5.71. The van der Waals surface area contributed by atoms with E-state index < -0.39 is 59.1 Å². The number of aliphatic hydroxyl groups is 2. The molecule has 1 saturated heterocycles. The maximum Gasteiger partial charge on any atom is 0.309 e. The van der Waals surface area contributed by atoms with Gasteiger partial charge in [-0.25, -0.2) is 0 Å². The molecule has 0 radical (unpaired) electrons. The molecule has 2 N–H and O–H groups in total. The van der Waals surface area contributed by atoms with Gasteiger partial charge in [0, 0.05) is 37.7 Å². The SMILES string of the molecule is C=C(C)[C@@H]1C[C@@H](OC(C)=O)[C@@]2(C)C3=CC[C@@H]([C@H]4C[C@H]([C@H](O)C(C)(C)O)O[C@H]4OC)[C@]3(C)CC[C@@H]2[C@@]1(C)[C@H](CC(=O)OC)OC(C)=O. The van der Waals surface area contributed by atoms with E-state index in [1.165, 1.54) is 26.5 Å². The third kappa shape index (κ3) is 6.08. The van der Waals surface area contributed by atoms with Gasteiger partial charge in [0.15, 0.2) is 6.29 Å². The fraction of sp³-hybridized carbons (Fsp3) is 0.806. The second-order valence-electron chi connectivity index (χ2n) is 15.5. The largest absolute Gasteiger partial charge is 0.469 e. The lowest BCUT2D eigenvalue weighted by Gasteiger charge is -2.66. The predicted molar refractivity (Wildman–Crippen MR) is 170 cm³/mol. The number of esters is 3. The van der Waals surface area contributed by atoms with Gasteiger partial charge in [-0.15, -0.1) is 0 Å². The van der Waals surface area contributed by atoms with E-state index in [2.05, 4.69) is 33.4 Å². The summed E-state index contributed by atoms with van der Waals surface area (Å²) in [6.07, 6.45) is 1.98. The van der Waals surface area contributed by atoms with Gasteiger partial charge < -0.3 is 33.9 Å². The van der Waals surface area contributed by atoms with Crippen LogP contribution in [-0.2, 0) is 38.1 Å². The van der Waals surface area contributed by atoms with Crippen molar-refractivity contribution in [2.24, 2.45) is 39.9 Å². The summed E-state index contributed by atoms with van der Waals surface area (Å²) in [7, 11) is 2.94. The van der Waals surface area contributed by atoms with Gasteiger partial charge >= 0.3 is 17.9 Å². The number of carbonyl (C=O) groups excluding carboxylic acids is 3. The first kappa shape index (κ1) is 36.6. The van der Waals surface area contributed by atoms with Crippen LogP contribution in [0, 0.1) is 39.9 Å². The van der Waals surface area contributed by atoms with E-state index in [1.54, 1.807) is 21.0 Å². The van der Waals surface area contributed by atoms with E-state index in [4.69, 9.17) is 23.7 Å². The van der Waals surface area contributed by atoms with Crippen LogP contribution in [0.3, 0.4) is 0 Å². The fourth-order valence-electron chi connectivity index (χ4n) is 10.3. The van der Waals surface area contributed by atoms with E-state index in [0.717, 1.165) is 24.8 Å². The van der Waals surface area contributed by atoms with Crippen molar-refractivity contribution in [3.63, 3.8) is 0 Å². The molecule has 0 spiro atoms. The molecule has 1 aliphatic heterocycles. The molecule has 0 bridgehead atoms. The fourth-order valence-corrected chi connectivity index (χ4v) is 10.3. The Balaban J connectivity index is 1.81. The van der Waals surface area contributed by atoms with Crippen LogP contribution in [0.4, 0.5) is 0 Å². The Morgan fingerprint density at radius 2 is 1.76 bits per heavy atom. The van der Waals surface area contributed by atoms with E-state index in [1.807, 2.05) is 6.92 Å². The molecule has 3 fully saturated rings. The van der Waals surface area contributed by atoms with Crippen molar-refractivity contribution in [1.29, 1.82) is 0 Å². The normalized spacial score (nSPS) is 40.2. The number of carbonyl (C=O) groups is 3. The Morgan fingerprint density at radius 3 is 2.28 bits per heavy atom. The first-order chi connectivity index (χ1) is 21.3. The van der Waals surface area contributed by atoms with Gasteiger partial charge in [0.2, 0.25) is 0 Å². The zero-order valence-electron chi connectivity index (χ0n) is 29.4. The van der Waals surface area contributed by atoms with Gasteiger partial charge in [-0.05, 0) is 76.0 Å². The lowest BCUT2D eigenvalue weighted by Crippen LogP contribution is -2.65. The van der Waals surface area contributed by atoms with E-state index >= 15 is 0 Å². The molecular formula is C36H56O10. The molecular weight excluding hydrogens is 592 g/mol. The molecule has 3 aliphatic carbocycles. The van der Waals surface area contributed by atoms with Gasteiger partial charge in [0.25, 0.3) is 0 Å². The zero-order chi connectivity index (χ0) is 34.6. The molecule has 1 heterocycles. The Kier molecular flexibility index (Phi) is 10.3. The standard InChI is InChI=1S/C36H56O10/c1-19(2)24-17-28(44-20(3)37)36(9)26-13-12-23(22-16-25(46-32(22)43-11)31(40)33(5,6)41)34(26,7)15-14-27(36)35(24,8)29(45-21(4)38)18-30(39)42-10/h13,22-25,27-29,31-32,40-41H,1,12,14-18H2,2-11H3/t22-,23+,24+,25-,27-,28-,29+,31+,32-,34+,35+,36+/m1/s1. The highest BCUT2D eigenvalue weighted by Gasteiger charge is 2.69. The molecule has 0 amide bonds. The van der Waals surface area contributed by atoms with Crippen LogP contribution < -0.4 is 0 Å². The van der Waals surface area contributed by atoms with E-state index in [-0.39, 0.29) is 41.5 Å². The number of methoxy groups -OCH3 is 2. The first-order valence-corrected chi connectivity index (χ1v) is 16.6. The lowest BCUT2D eigenvalue weighted by molar-refractivity contribution is -0.209. The van der Waals surface area contributed by atoms with Gasteiger partial charge in [0.05, 0.1) is 25.2 Å². The molecule has 10 nitrogen and oxygen atoms in total. The van der Waals surface area contributed by atoms with Crippen LogP contribution >= 0.6 is 0 Å². The topological polar surface area (TPSA) is 138 Å². The van der Waals surface area contributed by atoms with Crippen LogP contribution in [0.15, 0.2) is 23.8 Å². The molecule has 4 aliphatic rings. The van der Waals surface area contributed by atoms with Crippen LogP contribution in [0.1, 0.15) is 93.9 Å². The Hall–Kier alpha value is -2.27. The third-order valence-corrected chi connectivity index (χ3v) is 12.4. The highest BCUT2D eigenvalue weighted by atomic mass is 16.7. The van der Waals surface area contributed by atoms with Crippen LogP contribution in [0.5, 0.6) is 0 Å². The molecule has 4 rings (SSSR count). The predicted octanol–water partition coefficient (Wildman–Crippen LogP) is 4.89. The maximum absolute atomic E-state index is 12.8. The molecule has 0 aromatic carbocycles. The van der Waals surface area contributed by atoms with Crippen LogP contribution in [-0.4, -0.2) is 78.6 Å². The van der Waals surface area contributed by atoms with Crippen molar-refractivity contribution in [1.82, 2.24) is 0 Å². The molecule has 0 unspecified atom stereocenters. The summed E-state index contributed by atoms with van der Waals surface area (Å²) in [5, 5.41) is 21.5. The Bertz CT molecular complexity index is 1240. The van der Waals surface area contributed by atoms with Gasteiger partial charge in [-0.2, -0.15) is 0 Å². The molecule has 10 heteroatoms. The lowest BCUT2D eigenvalue weighted by atomic mass is 9.40. The first-order valence-electron chi connectivity index (χ1n) is 16.6. The number of allylic oxidation sites excluding steroid dienone is 2. The van der Waals surface area contributed by atoms with Crippen molar-refractivity contribution in [3.05, 3.63) is 23.8 Å². The van der Waals surface area contributed by atoms with Gasteiger partial charge in [-0.3, -0.25) is 14.4 Å². The van der Waals surface area contributed by atoms with Crippen molar-refractivity contribution in [3.8, 4) is 0 Å². The van der Waals surface area contributed by atoms with Crippen LogP contribution in [0.2, 0.25) is 0 Å². The number of ether oxygens (including phenoxy) is 5. The van der Waals surface area contributed by atoms with Crippen molar-refractivity contribution in [2.75, 3.05) is 14.2 Å². The van der Waals surface area contributed by atoms with Crippen LogP contribution in [0.25, 0.3) is 0 Å². The summed E-state index contributed by atoms with van der Waals surface area (Å²) < 4.78 is 29.3. The molecule has 2 saturated carbocycles. The summed E-state index contributed by atoms with van der Waals surface area (Å²) in [6.45, 7) is 18.8. The Labute approximate surface area is 274 Å². The molecule has 46 heavy (non-hydrogen) atoms. The summed E-state index contributed by atoms with van der Waals surface area (Å²) >= 11 is 0. The van der Waals surface area contributed by atoms with Gasteiger partial charge in [-0.1, -0.05) is 44.6 Å². The number of hydrogen-bond acceptors (Lipinski definition) is 10. The van der Waals surface area contributed by atoms with Gasteiger partial charge in [0.1, 0.15) is 18.3 Å². The number of hydrogen-bond donors (Lipinski definition) is 2. The Morgan fingerprint density at radius 1 is 1.11 bits per heavy atom. The zero-order valence-corrected chi connectivity index (χ0v) is 29.4. The minimum Gasteiger partial charge on any atom is -0.469 e. The third-order valence-electron chi connectivity index (χ3n) is 12.4. The van der Waals surface area contributed by atoms with Crippen molar-refractivity contribution in [2.45, 2.75) is 130 Å². The van der Waals surface area contributed by atoms with Crippen molar-refractivity contribution < 1.29 is 48.3 Å². The van der Waals surface area contributed by atoms with E-state index in [0.29, 0.717) is 12.8 Å². The number of aliphatic hydroxyl groups excluding tert-OH is 1. The number of fused-ring (bicyclic) bond motifs is 3. The minimum absolute atomic E-state index is 0.0515. The number of rotatable bonds is 10. The molecule has 260 valence electrons. The second kappa shape index (κ2) is 13.0. The smallest absolute Gasteiger partial charge is 0.309 e. The highest BCUT2D eigenvalue weighted by Crippen LogP contribution is 2.72. The molecule has 0 aromatic heterocycles. The summed E-state index contributed by atoms with van der Waals surface area (Å²) in [5.41, 5.74) is -0.975. The van der Waals surface area contributed by atoms with E-state index in [9.17, 15) is 24.6 Å². The minimum atomic E-state index is -1.33. The molecule has 0 aromatic rings. The summed E-state index contributed by atoms with van der Waals surface area (Å²) in [4.78, 5) is 37.9.